The lowest BCUT2D eigenvalue weighted by Crippen LogP contribution is -2.36. The van der Waals surface area contributed by atoms with Gasteiger partial charge in [0.15, 0.2) is 0 Å². The fraction of sp³-hybridized carbons (Fsp3) is 0.500. The first-order chi connectivity index (χ1) is 6.59. The van der Waals surface area contributed by atoms with E-state index >= 15 is 0 Å². The van der Waals surface area contributed by atoms with Crippen LogP contribution in [-0.4, -0.2) is 16.4 Å². The first-order valence-electron chi connectivity index (χ1n) is 4.55. The average molecular weight is 233 g/mol. The number of hydrogen-bond donors (Lipinski definition) is 1. The standard InChI is InChI=1S/C10H14Cl2N2/c1-3-10(2,7-11)14-9-5-4-8(12)6-13-9/h4-6H,3,7H2,1-2H3,(H,13,14). The molecule has 1 atom stereocenters. The summed E-state index contributed by atoms with van der Waals surface area (Å²) in [4.78, 5) is 4.16. The molecular formula is C10H14Cl2N2. The molecule has 0 bridgehead atoms. The van der Waals surface area contributed by atoms with Gasteiger partial charge in [-0.2, -0.15) is 0 Å². The van der Waals surface area contributed by atoms with E-state index in [1.54, 1.807) is 12.3 Å². The van der Waals surface area contributed by atoms with Crippen LogP contribution in [0.3, 0.4) is 0 Å². The molecule has 0 aromatic carbocycles. The number of alkyl halides is 1. The highest BCUT2D eigenvalue weighted by molar-refractivity contribution is 6.30. The van der Waals surface area contributed by atoms with E-state index in [4.69, 9.17) is 23.2 Å². The number of aromatic nitrogens is 1. The van der Waals surface area contributed by atoms with Crippen LogP contribution in [0.15, 0.2) is 18.3 Å². The van der Waals surface area contributed by atoms with Crippen molar-refractivity contribution in [3.8, 4) is 0 Å². The Labute approximate surface area is 94.6 Å². The minimum absolute atomic E-state index is 0.109. The molecule has 1 rings (SSSR count). The maximum Gasteiger partial charge on any atom is 0.126 e. The van der Waals surface area contributed by atoms with E-state index in [0.717, 1.165) is 12.2 Å². The molecule has 78 valence electrons. The van der Waals surface area contributed by atoms with Crippen LogP contribution in [0.1, 0.15) is 20.3 Å². The maximum atomic E-state index is 5.87. The van der Waals surface area contributed by atoms with Crippen LogP contribution in [0.4, 0.5) is 5.82 Å². The zero-order valence-corrected chi connectivity index (χ0v) is 9.86. The van der Waals surface area contributed by atoms with Crippen LogP contribution in [-0.2, 0) is 0 Å². The Morgan fingerprint density at radius 3 is 2.64 bits per heavy atom. The summed E-state index contributed by atoms with van der Waals surface area (Å²) in [6.07, 6.45) is 2.56. The summed E-state index contributed by atoms with van der Waals surface area (Å²) in [7, 11) is 0. The Bertz CT molecular complexity index is 281. The van der Waals surface area contributed by atoms with Gasteiger partial charge in [-0.1, -0.05) is 18.5 Å². The largest absolute Gasteiger partial charge is 0.364 e. The topological polar surface area (TPSA) is 24.9 Å². The molecule has 0 fully saturated rings. The minimum atomic E-state index is -0.109. The Morgan fingerprint density at radius 1 is 1.50 bits per heavy atom. The van der Waals surface area contributed by atoms with E-state index in [2.05, 4.69) is 24.1 Å². The SMILES string of the molecule is CCC(C)(CCl)Nc1ccc(Cl)cn1. The fourth-order valence-corrected chi connectivity index (χ4v) is 1.34. The Morgan fingerprint density at radius 2 is 2.21 bits per heavy atom. The van der Waals surface area contributed by atoms with Crippen LogP contribution < -0.4 is 5.32 Å². The molecule has 2 nitrogen and oxygen atoms in total. The molecule has 1 aromatic rings. The molecule has 14 heavy (non-hydrogen) atoms. The lowest BCUT2D eigenvalue weighted by atomic mass is 10.0. The summed E-state index contributed by atoms with van der Waals surface area (Å²) >= 11 is 11.6. The van der Waals surface area contributed by atoms with Crippen LogP contribution in [0.25, 0.3) is 0 Å². The maximum absolute atomic E-state index is 5.87. The monoisotopic (exact) mass is 232 g/mol. The molecule has 0 amide bonds. The van der Waals surface area contributed by atoms with Gasteiger partial charge in [0, 0.05) is 17.6 Å². The van der Waals surface area contributed by atoms with Crippen molar-refractivity contribution in [2.75, 3.05) is 11.2 Å². The zero-order valence-electron chi connectivity index (χ0n) is 8.35. The number of halogens is 2. The van der Waals surface area contributed by atoms with Gasteiger partial charge in [-0.05, 0) is 25.5 Å². The second-order valence-electron chi connectivity index (χ2n) is 3.53. The van der Waals surface area contributed by atoms with Crippen LogP contribution in [0.2, 0.25) is 5.02 Å². The van der Waals surface area contributed by atoms with E-state index in [0.29, 0.717) is 10.9 Å². The molecule has 1 aromatic heterocycles. The number of anilines is 1. The molecule has 1 N–H and O–H groups in total. The predicted molar refractivity (Wildman–Crippen MR) is 62.3 cm³/mol. The van der Waals surface area contributed by atoms with Gasteiger partial charge < -0.3 is 5.32 Å². The van der Waals surface area contributed by atoms with E-state index in [1.165, 1.54) is 0 Å². The van der Waals surface area contributed by atoms with Gasteiger partial charge in [0.25, 0.3) is 0 Å². The molecule has 0 saturated heterocycles. The first-order valence-corrected chi connectivity index (χ1v) is 5.46. The normalized spacial score (nSPS) is 14.9. The number of nitrogens with one attached hydrogen (secondary N) is 1. The van der Waals surface area contributed by atoms with Gasteiger partial charge in [-0.15, -0.1) is 11.6 Å². The summed E-state index contributed by atoms with van der Waals surface area (Å²) < 4.78 is 0. The second-order valence-corrected chi connectivity index (χ2v) is 4.24. The second kappa shape index (κ2) is 4.85. The Balaban J connectivity index is 2.72. The zero-order chi connectivity index (χ0) is 10.6. The third-order valence-corrected chi connectivity index (χ3v) is 3.05. The molecule has 0 aliphatic rings. The van der Waals surface area contributed by atoms with Gasteiger partial charge in [-0.25, -0.2) is 4.98 Å². The van der Waals surface area contributed by atoms with E-state index < -0.39 is 0 Å². The molecule has 0 aliphatic heterocycles. The summed E-state index contributed by atoms with van der Waals surface area (Å²) in [5.41, 5.74) is -0.109. The van der Waals surface area contributed by atoms with Gasteiger partial charge in [0.2, 0.25) is 0 Å². The Hall–Kier alpha value is -0.470. The summed E-state index contributed by atoms with van der Waals surface area (Å²) in [6.45, 7) is 4.15. The summed E-state index contributed by atoms with van der Waals surface area (Å²) in [6, 6.07) is 3.66. The van der Waals surface area contributed by atoms with Gasteiger partial charge in [-0.3, -0.25) is 0 Å². The third-order valence-electron chi connectivity index (χ3n) is 2.23. The van der Waals surface area contributed by atoms with Crippen molar-refractivity contribution in [1.82, 2.24) is 4.98 Å². The highest BCUT2D eigenvalue weighted by atomic mass is 35.5. The van der Waals surface area contributed by atoms with E-state index in [-0.39, 0.29) is 5.54 Å². The lowest BCUT2D eigenvalue weighted by Gasteiger charge is -2.27. The van der Waals surface area contributed by atoms with Gasteiger partial charge in [0.1, 0.15) is 5.82 Å². The number of rotatable bonds is 4. The summed E-state index contributed by atoms with van der Waals surface area (Å²) in [5.74, 6) is 1.35. The van der Waals surface area contributed by atoms with Crippen molar-refractivity contribution in [3.05, 3.63) is 23.4 Å². The number of pyridine rings is 1. The molecule has 1 unspecified atom stereocenters. The van der Waals surface area contributed by atoms with Crippen molar-refractivity contribution in [2.45, 2.75) is 25.8 Å². The molecule has 1 heterocycles. The molecule has 0 saturated carbocycles. The summed E-state index contributed by atoms with van der Waals surface area (Å²) in [5, 5.41) is 3.92. The lowest BCUT2D eigenvalue weighted by molar-refractivity contribution is 0.551. The molecule has 4 heteroatoms. The highest BCUT2D eigenvalue weighted by Gasteiger charge is 2.20. The van der Waals surface area contributed by atoms with Crippen molar-refractivity contribution < 1.29 is 0 Å². The number of nitrogens with zero attached hydrogens (tertiary/aromatic N) is 1. The van der Waals surface area contributed by atoms with Crippen LogP contribution in [0.5, 0.6) is 0 Å². The molecular weight excluding hydrogens is 219 g/mol. The van der Waals surface area contributed by atoms with Crippen molar-refractivity contribution in [3.63, 3.8) is 0 Å². The first kappa shape index (κ1) is 11.6. The van der Waals surface area contributed by atoms with Gasteiger partial charge >= 0.3 is 0 Å². The number of hydrogen-bond acceptors (Lipinski definition) is 2. The minimum Gasteiger partial charge on any atom is -0.364 e. The van der Waals surface area contributed by atoms with Gasteiger partial charge in [0.05, 0.1) is 5.02 Å². The predicted octanol–water partition coefficient (Wildman–Crippen LogP) is 3.55. The molecule has 0 spiro atoms. The van der Waals surface area contributed by atoms with E-state index in [1.807, 2.05) is 6.07 Å². The van der Waals surface area contributed by atoms with Crippen molar-refractivity contribution >= 4 is 29.0 Å². The molecule has 0 aliphatic carbocycles. The fourth-order valence-electron chi connectivity index (χ4n) is 0.975. The van der Waals surface area contributed by atoms with Crippen LogP contribution in [0, 0.1) is 0 Å². The van der Waals surface area contributed by atoms with Crippen LogP contribution >= 0.6 is 23.2 Å². The Kier molecular flexibility index (Phi) is 4.02. The quantitative estimate of drug-likeness (QED) is 0.804. The highest BCUT2D eigenvalue weighted by Crippen LogP contribution is 2.19. The average Bonchev–Trinajstić information content (AvgIpc) is 2.21. The smallest absolute Gasteiger partial charge is 0.126 e. The van der Waals surface area contributed by atoms with Crippen molar-refractivity contribution in [1.29, 1.82) is 0 Å². The van der Waals surface area contributed by atoms with Crippen molar-refractivity contribution in [2.24, 2.45) is 0 Å². The molecule has 0 radical (unpaired) electrons. The third kappa shape index (κ3) is 3.03. The van der Waals surface area contributed by atoms with E-state index in [9.17, 15) is 0 Å².